The predicted octanol–water partition coefficient (Wildman–Crippen LogP) is 2.45. The van der Waals surface area contributed by atoms with E-state index in [1.807, 2.05) is 60.7 Å². The molecule has 1 aliphatic heterocycles. The van der Waals surface area contributed by atoms with Crippen LogP contribution in [0.2, 0.25) is 0 Å². The molecule has 30 heavy (non-hydrogen) atoms. The Labute approximate surface area is 176 Å². The van der Waals surface area contributed by atoms with Crippen molar-refractivity contribution in [3.63, 3.8) is 0 Å². The summed E-state index contributed by atoms with van der Waals surface area (Å²) in [4.78, 5) is 11.6. The number of aliphatic hydroxyl groups is 1. The average molecular weight is 416 g/mol. The molecule has 0 bridgehead atoms. The van der Waals surface area contributed by atoms with Crippen molar-refractivity contribution in [1.82, 2.24) is 0 Å². The molecular weight excluding hydrogens is 388 g/mol. The SMILES string of the molecule is CO[C@@H]1O[C@H](COCc2ccccc2)[C@@H](OC(C)=O)[C@H](O)[C@H]1OCc1ccccc1. The van der Waals surface area contributed by atoms with Gasteiger partial charge in [-0.15, -0.1) is 0 Å². The Morgan fingerprint density at radius 1 is 0.967 bits per heavy atom. The van der Waals surface area contributed by atoms with Gasteiger partial charge in [0.25, 0.3) is 0 Å². The summed E-state index contributed by atoms with van der Waals surface area (Å²) < 4.78 is 28.4. The van der Waals surface area contributed by atoms with Gasteiger partial charge >= 0.3 is 5.97 Å². The van der Waals surface area contributed by atoms with Gasteiger partial charge in [0.05, 0.1) is 19.8 Å². The lowest BCUT2D eigenvalue weighted by Gasteiger charge is -2.43. The van der Waals surface area contributed by atoms with Gasteiger partial charge in [-0.1, -0.05) is 60.7 Å². The predicted molar refractivity (Wildman–Crippen MR) is 108 cm³/mol. The number of esters is 1. The van der Waals surface area contributed by atoms with Crippen molar-refractivity contribution >= 4 is 5.97 Å². The van der Waals surface area contributed by atoms with Gasteiger partial charge in [0, 0.05) is 14.0 Å². The minimum atomic E-state index is -1.14. The van der Waals surface area contributed by atoms with Crippen LogP contribution < -0.4 is 0 Å². The standard InChI is InChI=1S/C23H28O7/c1-16(24)29-21-19(15-27-13-17-9-5-3-6-10-17)30-23(26-2)22(20(21)25)28-14-18-11-7-4-8-12-18/h3-12,19-23,25H,13-15H2,1-2H3/t19-,20+,21-,22-,23-/m1/s1. The lowest BCUT2D eigenvalue weighted by Crippen LogP contribution is -2.61. The van der Waals surface area contributed by atoms with Crippen LogP contribution in [0.4, 0.5) is 0 Å². The summed E-state index contributed by atoms with van der Waals surface area (Å²) in [6, 6.07) is 19.2. The third-order valence-corrected chi connectivity index (χ3v) is 4.83. The quantitative estimate of drug-likeness (QED) is 0.629. The van der Waals surface area contributed by atoms with E-state index in [0.717, 1.165) is 11.1 Å². The fourth-order valence-corrected chi connectivity index (χ4v) is 3.37. The van der Waals surface area contributed by atoms with Crippen molar-refractivity contribution in [2.75, 3.05) is 13.7 Å². The molecular formula is C23H28O7. The van der Waals surface area contributed by atoms with Gasteiger partial charge in [-0.2, -0.15) is 0 Å². The minimum absolute atomic E-state index is 0.120. The van der Waals surface area contributed by atoms with E-state index >= 15 is 0 Å². The normalized spacial score (nSPS) is 26.3. The van der Waals surface area contributed by atoms with E-state index in [9.17, 15) is 9.90 Å². The topological polar surface area (TPSA) is 83.5 Å². The molecule has 162 valence electrons. The number of carbonyl (C=O) groups excluding carboxylic acids is 1. The van der Waals surface area contributed by atoms with E-state index in [1.54, 1.807) is 0 Å². The van der Waals surface area contributed by atoms with Gasteiger partial charge in [0.15, 0.2) is 12.4 Å². The van der Waals surface area contributed by atoms with Crippen LogP contribution in [-0.4, -0.2) is 55.5 Å². The van der Waals surface area contributed by atoms with Gasteiger partial charge in [0.2, 0.25) is 0 Å². The van der Waals surface area contributed by atoms with E-state index in [4.69, 9.17) is 23.7 Å². The molecule has 1 aliphatic rings. The lowest BCUT2D eigenvalue weighted by atomic mass is 9.98. The maximum atomic E-state index is 11.6. The van der Waals surface area contributed by atoms with Crippen LogP contribution in [0.3, 0.4) is 0 Å². The Morgan fingerprint density at radius 3 is 2.13 bits per heavy atom. The van der Waals surface area contributed by atoms with Crippen LogP contribution in [0.5, 0.6) is 0 Å². The van der Waals surface area contributed by atoms with Crippen LogP contribution in [0.1, 0.15) is 18.1 Å². The summed E-state index contributed by atoms with van der Waals surface area (Å²) >= 11 is 0. The Balaban J connectivity index is 1.65. The number of aliphatic hydroxyl groups excluding tert-OH is 1. The number of hydrogen-bond acceptors (Lipinski definition) is 7. The molecule has 1 heterocycles. The Morgan fingerprint density at radius 2 is 1.57 bits per heavy atom. The van der Waals surface area contributed by atoms with Gasteiger partial charge in [-0.3, -0.25) is 4.79 Å². The summed E-state index contributed by atoms with van der Waals surface area (Å²) in [6.45, 7) is 2.04. The molecule has 0 saturated carbocycles. The zero-order chi connectivity index (χ0) is 21.3. The van der Waals surface area contributed by atoms with E-state index in [-0.39, 0.29) is 13.2 Å². The van der Waals surface area contributed by atoms with E-state index in [1.165, 1.54) is 14.0 Å². The first kappa shape index (κ1) is 22.4. The molecule has 0 unspecified atom stereocenters. The first-order chi connectivity index (χ1) is 14.6. The van der Waals surface area contributed by atoms with Crippen molar-refractivity contribution in [2.24, 2.45) is 0 Å². The number of hydrogen-bond donors (Lipinski definition) is 1. The largest absolute Gasteiger partial charge is 0.457 e. The number of carbonyl (C=O) groups is 1. The molecule has 7 heteroatoms. The second kappa shape index (κ2) is 11.2. The molecule has 3 rings (SSSR count). The third-order valence-electron chi connectivity index (χ3n) is 4.83. The smallest absolute Gasteiger partial charge is 0.303 e. The van der Waals surface area contributed by atoms with E-state index < -0.39 is 36.7 Å². The summed E-state index contributed by atoms with van der Waals surface area (Å²) in [6.07, 6.45) is -4.44. The molecule has 5 atom stereocenters. The molecule has 7 nitrogen and oxygen atoms in total. The molecule has 2 aromatic carbocycles. The summed E-state index contributed by atoms with van der Waals surface area (Å²) in [5, 5.41) is 10.9. The highest BCUT2D eigenvalue weighted by atomic mass is 16.7. The number of benzene rings is 2. The average Bonchev–Trinajstić information content (AvgIpc) is 2.76. The molecule has 0 amide bonds. The fourth-order valence-electron chi connectivity index (χ4n) is 3.37. The number of methoxy groups -OCH3 is 1. The first-order valence-electron chi connectivity index (χ1n) is 9.89. The lowest BCUT2D eigenvalue weighted by molar-refractivity contribution is -0.309. The van der Waals surface area contributed by atoms with Gasteiger partial charge < -0.3 is 28.8 Å². The van der Waals surface area contributed by atoms with Crippen molar-refractivity contribution in [3.05, 3.63) is 71.8 Å². The zero-order valence-electron chi connectivity index (χ0n) is 17.2. The number of rotatable bonds is 9. The van der Waals surface area contributed by atoms with Gasteiger partial charge in [-0.25, -0.2) is 0 Å². The van der Waals surface area contributed by atoms with Crippen LogP contribution in [0.15, 0.2) is 60.7 Å². The van der Waals surface area contributed by atoms with Crippen LogP contribution in [0.25, 0.3) is 0 Å². The maximum Gasteiger partial charge on any atom is 0.303 e. The maximum absolute atomic E-state index is 11.6. The second-order valence-electron chi connectivity index (χ2n) is 7.11. The molecule has 0 spiro atoms. The second-order valence-corrected chi connectivity index (χ2v) is 7.11. The minimum Gasteiger partial charge on any atom is -0.457 e. The summed E-state index contributed by atoms with van der Waals surface area (Å²) in [7, 11) is 1.48. The molecule has 0 radical (unpaired) electrons. The summed E-state index contributed by atoms with van der Waals surface area (Å²) in [5.74, 6) is -0.520. The van der Waals surface area contributed by atoms with Crippen molar-refractivity contribution in [1.29, 1.82) is 0 Å². The third kappa shape index (κ3) is 6.10. The van der Waals surface area contributed by atoms with Gasteiger partial charge in [0.1, 0.15) is 18.3 Å². The molecule has 1 N–H and O–H groups in total. The molecule has 2 aromatic rings. The van der Waals surface area contributed by atoms with Crippen LogP contribution >= 0.6 is 0 Å². The molecule has 0 aliphatic carbocycles. The molecule has 1 saturated heterocycles. The van der Waals surface area contributed by atoms with E-state index in [0.29, 0.717) is 6.61 Å². The van der Waals surface area contributed by atoms with Crippen molar-refractivity contribution in [3.8, 4) is 0 Å². The Bertz CT molecular complexity index is 766. The first-order valence-corrected chi connectivity index (χ1v) is 9.89. The van der Waals surface area contributed by atoms with Crippen LogP contribution in [0, 0.1) is 0 Å². The fraction of sp³-hybridized carbons (Fsp3) is 0.435. The van der Waals surface area contributed by atoms with Crippen molar-refractivity contribution in [2.45, 2.75) is 50.8 Å². The van der Waals surface area contributed by atoms with Crippen molar-refractivity contribution < 1.29 is 33.6 Å². The zero-order valence-corrected chi connectivity index (χ0v) is 17.2. The van der Waals surface area contributed by atoms with E-state index in [2.05, 4.69) is 0 Å². The number of ether oxygens (including phenoxy) is 5. The molecule has 0 aromatic heterocycles. The highest BCUT2D eigenvalue weighted by molar-refractivity contribution is 5.66. The Hall–Kier alpha value is -2.29. The van der Waals surface area contributed by atoms with Gasteiger partial charge in [-0.05, 0) is 11.1 Å². The van der Waals surface area contributed by atoms with Crippen LogP contribution in [-0.2, 0) is 41.7 Å². The Kier molecular flexibility index (Phi) is 8.36. The highest BCUT2D eigenvalue weighted by Crippen LogP contribution is 2.27. The summed E-state index contributed by atoms with van der Waals surface area (Å²) in [5.41, 5.74) is 1.95. The highest BCUT2D eigenvalue weighted by Gasteiger charge is 2.48. The monoisotopic (exact) mass is 416 g/mol. The molecule has 1 fully saturated rings.